The molecule has 0 heterocycles. The normalized spacial score (nSPS) is 10.7. The summed E-state index contributed by atoms with van der Waals surface area (Å²) in [5.74, 6) is 0.0504. The SMILES string of the molecule is C=C(C)CC(C)C(=O)NCC(=C)NCCC(C)=O.CC. The number of allylic oxidation sites excluding steroid dienone is 1. The molecule has 1 unspecified atom stereocenters. The van der Waals surface area contributed by atoms with Crippen molar-refractivity contribution in [1.29, 1.82) is 0 Å². The lowest BCUT2D eigenvalue weighted by molar-refractivity contribution is -0.124. The van der Waals surface area contributed by atoms with E-state index in [1.807, 2.05) is 27.7 Å². The Labute approximate surface area is 123 Å². The van der Waals surface area contributed by atoms with Crippen LogP contribution in [0.5, 0.6) is 0 Å². The average molecular weight is 282 g/mol. The van der Waals surface area contributed by atoms with Gasteiger partial charge in [0.25, 0.3) is 0 Å². The van der Waals surface area contributed by atoms with Crippen molar-refractivity contribution in [3.8, 4) is 0 Å². The number of rotatable bonds is 9. The van der Waals surface area contributed by atoms with Crippen LogP contribution in [0, 0.1) is 5.92 Å². The van der Waals surface area contributed by atoms with Gasteiger partial charge < -0.3 is 10.6 Å². The minimum absolute atomic E-state index is 0.00693. The van der Waals surface area contributed by atoms with Crippen molar-refractivity contribution in [1.82, 2.24) is 10.6 Å². The number of nitrogens with one attached hydrogen (secondary N) is 2. The first-order valence-electron chi connectivity index (χ1n) is 7.16. The molecule has 0 aromatic heterocycles. The molecule has 0 bridgehead atoms. The molecular weight excluding hydrogens is 252 g/mol. The van der Waals surface area contributed by atoms with Gasteiger partial charge in [-0.3, -0.25) is 9.59 Å². The molecule has 0 aromatic carbocycles. The molecule has 0 aromatic rings. The Morgan fingerprint density at radius 3 is 2.10 bits per heavy atom. The molecule has 0 spiro atoms. The number of carbonyl (C=O) groups is 2. The van der Waals surface area contributed by atoms with Crippen LogP contribution in [0.3, 0.4) is 0 Å². The molecule has 0 aliphatic rings. The van der Waals surface area contributed by atoms with Crippen molar-refractivity contribution in [2.24, 2.45) is 5.92 Å². The van der Waals surface area contributed by atoms with Gasteiger partial charge in [-0.1, -0.05) is 32.9 Å². The third-order valence-electron chi connectivity index (χ3n) is 2.43. The van der Waals surface area contributed by atoms with E-state index in [9.17, 15) is 9.59 Å². The zero-order valence-electron chi connectivity index (χ0n) is 13.6. The van der Waals surface area contributed by atoms with Crippen molar-refractivity contribution in [3.05, 3.63) is 24.4 Å². The Balaban J connectivity index is 0. The van der Waals surface area contributed by atoms with Gasteiger partial charge in [0.2, 0.25) is 5.91 Å². The molecule has 0 rings (SSSR count). The first-order chi connectivity index (χ1) is 9.32. The largest absolute Gasteiger partial charge is 0.387 e. The monoisotopic (exact) mass is 282 g/mol. The number of carbonyl (C=O) groups excluding carboxylic acids is 2. The van der Waals surface area contributed by atoms with E-state index >= 15 is 0 Å². The first kappa shape index (κ1) is 20.7. The van der Waals surface area contributed by atoms with Crippen molar-refractivity contribution >= 4 is 11.7 Å². The maximum absolute atomic E-state index is 11.7. The van der Waals surface area contributed by atoms with Crippen molar-refractivity contribution in [3.63, 3.8) is 0 Å². The van der Waals surface area contributed by atoms with Gasteiger partial charge in [-0.25, -0.2) is 0 Å². The fourth-order valence-electron chi connectivity index (χ4n) is 1.46. The highest BCUT2D eigenvalue weighted by atomic mass is 16.1. The first-order valence-corrected chi connectivity index (χ1v) is 7.16. The predicted molar refractivity (Wildman–Crippen MR) is 85.4 cm³/mol. The molecule has 116 valence electrons. The summed E-state index contributed by atoms with van der Waals surface area (Å²) in [6.45, 7) is 17.9. The molecule has 0 aliphatic carbocycles. The smallest absolute Gasteiger partial charge is 0.223 e. The molecule has 2 N–H and O–H groups in total. The van der Waals surface area contributed by atoms with Gasteiger partial charge in [-0.15, -0.1) is 6.58 Å². The Morgan fingerprint density at radius 2 is 1.65 bits per heavy atom. The summed E-state index contributed by atoms with van der Waals surface area (Å²) in [6, 6.07) is 0. The second-order valence-electron chi connectivity index (χ2n) is 4.76. The molecule has 1 atom stereocenters. The van der Waals surface area contributed by atoms with E-state index in [1.165, 1.54) is 0 Å². The fraction of sp³-hybridized carbons (Fsp3) is 0.625. The highest BCUT2D eigenvalue weighted by molar-refractivity contribution is 5.78. The Hall–Kier alpha value is -1.58. The molecule has 0 saturated carbocycles. The highest BCUT2D eigenvalue weighted by Crippen LogP contribution is 2.08. The van der Waals surface area contributed by atoms with Gasteiger partial charge in [0.1, 0.15) is 5.78 Å². The number of ketones is 1. The van der Waals surface area contributed by atoms with E-state index in [4.69, 9.17) is 0 Å². The van der Waals surface area contributed by atoms with E-state index in [0.29, 0.717) is 31.6 Å². The molecule has 1 amide bonds. The highest BCUT2D eigenvalue weighted by Gasteiger charge is 2.12. The van der Waals surface area contributed by atoms with Gasteiger partial charge in [0.05, 0.1) is 6.54 Å². The fourth-order valence-corrected chi connectivity index (χ4v) is 1.46. The van der Waals surface area contributed by atoms with E-state index in [-0.39, 0.29) is 17.6 Å². The van der Waals surface area contributed by atoms with Crippen molar-refractivity contribution < 1.29 is 9.59 Å². The number of amides is 1. The zero-order chi connectivity index (χ0) is 16.1. The number of hydrogen-bond acceptors (Lipinski definition) is 3. The Bertz CT molecular complexity index is 335. The van der Waals surface area contributed by atoms with Gasteiger partial charge in [-0.2, -0.15) is 0 Å². The topological polar surface area (TPSA) is 58.2 Å². The lowest BCUT2D eigenvalue weighted by Crippen LogP contribution is -2.34. The summed E-state index contributed by atoms with van der Waals surface area (Å²) in [5.41, 5.74) is 1.71. The molecule has 4 nitrogen and oxygen atoms in total. The van der Waals surface area contributed by atoms with Gasteiger partial charge >= 0.3 is 0 Å². The van der Waals surface area contributed by atoms with Crippen LogP contribution in [0.25, 0.3) is 0 Å². The molecular formula is C16H30N2O2. The maximum Gasteiger partial charge on any atom is 0.223 e. The predicted octanol–water partition coefficient (Wildman–Crippen LogP) is 2.81. The molecule has 0 aliphatic heterocycles. The minimum Gasteiger partial charge on any atom is -0.387 e. The van der Waals surface area contributed by atoms with Crippen LogP contribution in [0.4, 0.5) is 0 Å². The number of Topliss-reactive ketones (excluding diaryl/α,β-unsaturated/α-hetero) is 1. The van der Waals surface area contributed by atoms with E-state index in [0.717, 1.165) is 5.57 Å². The van der Waals surface area contributed by atoms with Gasteiger partial charge in [0, 0.05) is 24.6 Å². The summed E-state index contributed by atoms with van der Waals surface area (Å²) in [4.78, 5) is 22.4. The second-order valence-corrected chi connectivity index (χ2v) is 4.76. The molecule has 0 radical (unpaired) electrons. The van der Waals surface area contributed by atoms with Crippen LogP contribution in [0.15, 0.2) is 24.4 Å². The van der Waals surface area contributed by atoms with Crippen LogP contribution >= 0.6 is 0 Å². The summed E-state index contributed by atoms with van der Waals surface area (Å²) in [6.07, 6.45) is 1.16. The quantitative estimate of drug-likeness (QED) is 0.639. The maximum atomic E-state index is 11.7. The molecule has 0 saturated heterocycles. The summed E-state index contributed by atoms with van der Waals surface area (Å²) < 4.78 is 0. The Morgan fingerprint density at radius 1 is 1.10 bits per heavy atom. The third-order valence-corrected chi connectivity index (χ3v) is 2.43. The van der Waals surface area contributed by atoms with Crippen molar-refractivity contribution in [2.75, 3.05) is 13.1 Å². The van der Waals surface area contributed by atoms with Gasteiger partial charge in [0.15, 0.2) is 0 Å². The lowest BCUT2D eigenvalue weighted by atomic mass is 10.0. The summed E-state index contributed by atoms with van der Waals surface area (Å²) in [7, 11) is 0. The average Bonchev–Trinajstić information content (AvgIpc) is 2.37. The zero-order valence-corrected chi connectivity index (χ0v) is 13.6. The van der Waals surface area contributed by atoms with E-state index in [1.54, 1.807) is 6.92 Å². The standard InChI is InChI=1S/C14H24N2O2.C2H6/c1-10(2)8-11(3)14(18)16-9-12(4)15-7-6-13(5)17;1-2/h11,15H,1,4,6-9H2,2-3,5H3,(H,16,18);1-2H3. The van der Waals surface area contributed by atoms with E-state index < -0.39 is 0 Å². The van der Waals surface area contributed by atoms with Crippen LogP contribution in [0.2, 0.25) is 0 Å². The van der Waals surface area contributed by atoms with Crippen LogP contribution in [-0.4, -0.2) is 24.8 Å². The van der Waals surface area contributed by atoms with E-state index in [2.05, 4.69) is 23.8 Å². The molecule has 20 heavy (non-hydrogen) atoms. The molecule has 0 fully saturated rings. The second kappa shape index (κ2) is 12.5. The van der Waals surface area contributed by atoms with Crippen LogP contribution in [0.1, 0.15) is 47.5 Å². The summed E-state index contributed by atoms with van der Waals surface area (Å²) in [5, 5.41) is 5.80. The lowest BCUT2D eigenvalue weighted by Gasteiger charge is -2.14. The van der Waals surface area contributed by atoms with Crippen LogP contribution in [-0.2, 0) is 9.59 Å². The minimum atomic E-state index is -0.0764. The third kappa shape index (κ3) is 12.9. The number of hydrogen-bond donors (Lipinski definition) is 2. The van der Waals surface area contributed by atoms with Crippen molar-refractivity contribution in [2.45, 2.75) is 47.5 Å². The Kier molecular flexibility index (Phi) is 12.9. The summed E-state index contributed by atoms with van der Waals surface area (Å²) >= 11 is 0. The van der Waals surface area contributed by atoms with Crippen LogP contribution < -0.4 is 10.6 Å². The molecule has 4 heteroatoms. The van der Waals surface area contributed by atoms with Gasteiger partial charge in [-0.05, 0) is 20.3 Å².